The second-order valence-corrected chi connectivity index (χ2v) is 15.6. The maximum atomic E-state index is 11.4. The number of fused-ring (bicyclic) bond motifs is 5. The number of carbonyl (C=O) groups excluding carboxylic acids is 1. The third-order valence-corrected chi connectivity index (χ3v) is 12.7. The molecule has 4 aliphatic rings. The maximum Gasteiger partial charge on any atom is 0.306 e. The molecule has 0 bridgehead atoms. The first-order valence-corrected chi connectivity index (χ1v) is 18.5. The summed E-state index contributed by atoms with van der Waals surface area (Å²) in [6.07, 6.45) is 19.3. The minimum Gasteiger partial charge on any atom is -0.481 e. The van der Waals surface area contributed by atoms with Gasteiger partial charge < -0.3 is 24.1 Å². The van der Waals surface area contributed by atoms with E-state index in [9.17, 15) is 9.59 Å². The van der Waals surface area contributed by atoms with Gasteiger partial charge >= 0.3 is 11.9 Å². The Morgan fingerprint density at radius 2 is 1.63 bits per heavy atom. The molecule has 262 valence electrons. The highest BCUT2D eigenvalue weighted by molar-refractivity contribution is 5.76. The first kappa shape index (κ1) is 37.1. The molecule has 3 fully saturated rings. The lowest BCUT2D eigenvalue weighted by molar-refractivity contribution is -0.149. The van der Waals surface area contributed by atoms with Crippen molar-refractivity contribution in [2.75, 3.05) is 39.6 Å². The zero-order chi connectivity index (χ0) is 33.3. The molecule has 1 N–H and O–H groups in total. The van der Waals surface area contributed by atoms with E-state index in [0.29, 0.717) is 49.1 Å². The standard InChI is InChI=1S/C39H64O7/c1-7-29(27(2)3)9-8-28(4)33-12-13-34-32-11-10-30-26-31(16-18-38(30,5)35(32)17-19-39(33,34)6)45-24-22-43-20-21-44-23-25-46-37(42)15-14-36(40)41/h8-10,27-29,31-35H,7,11-26H2,1-6H3,(H,40,41)/b9-8+/t28-,29-,31+,32+,33-,34?,35-,38+,39-/m1/s1. The average molecular weight is 645 g/mol. The Morgan fingerprint density at radius 1 is 0.913 bits per heavy atom. The molecule has 0 heterocycles. The van der Waals surface area contributed by atoms with Crippen LogP contribution in [0.15, 0.2) is 23.8 Å². The smallest absolute Gasteiger partial charge is 0.306 e. The van der Waals surface area contributed by atoms with E-state index in [4.69, 9.17) is 24.1 Å². The number of allylic oxidation sites excluding steroid dienone is 3. The SMILES string of the molecule is CC[C@H](/C=C/[C@@H](C)[C@H]1CCC2[C@@H]3CC=C4C[C@@H](OCCOCCOCCOC(=O)CCC(=O)O)CC[C@]4(C)[C@@H]3CC[C@@]21C)C(C)C. The van der Waals surface area contributed by atoms with Crippen molar-refractivity contribution in [2.24, 2.45) is 52.3 Å². The highest BCUT2D eigenvalue weighted by atomic mass is 16.6. The number of esters is 1. The first-order valence-electron chi connectivity index (χ1n) is 18.5. The van der Waals surface area contributed by atoms with Crippen LogP contribution in [0.1, 0.15) is 112 Å². The molecule has 0 spiro atoms. The molecule has 0 aromatic rings. The molecule has 0 aromatic heterocycles. The number of hydrogen-bond donors (Lipinski definition) is 1. The molecule has 7 nitrogen and oxygen atoms in total. The van der Waals surface area contributed by atoms with Gasteiger partial charge in [-0.25, -0.2) is 0 Å². The topological polar surface area (TPSA) is 91.3 Å². The van der Waals surface area contributed by atoms with Crippen LogP contribution in [0.2, 0.25) is 0 Å². The van der Waals surface area contributed by atoms with Crippen LogP contribution in [0.4, 0.5) is 0 Å². The quantitative estimate of drug-likeness (QED) is 0.0912. The van der Waals surface area contributed by atoms with E-state index < -0.39 is 11.9 Å². The van der Waals surface area contributed by atoms with Crippen LogP contribution >= 0.6 is 0 Å². The Bertz CT molecular complexity index is 1050. The second kappa shape index (κ2) is 17.1. The average Bonchev–Trinajstić information content (AvgIpc) is 3.38. The van der Waals surface area contributed by atoms with Crippen LogP contribution < -0.4 is 0 Å². The van der Waals surface area contributed by atoms with Gasteiger partial charge in [0.15, 0.2) is 0 Å². The lowest BCUT2D eigenvalue weighted by atomic mass is 9.47. The summed E-state index contributed by atoms with van der Waals surface area (Å²) in [6.45, 7) is 17.2. The summed E-state index contributed by atoms with van der Waals surface area (Å²) in [6, 6.07) is 0. The normalized spacial score (nSPS) is 33.6. The predicted molar refractivity (Wildman–Crippen MR) is 181 cm³/mol. The van der Waals surface area contributed by atoms with Gasteiger partial charge in [-0.3, -0.25) is 9.59 Å². The molecule has 0 amide bonds. The Morgan fingerprint density at radius 3 is 2.33 bits per heavy atom. The van der Waals surface area contributed by atoms with E-state index >= 15 is 0 Å². The van der Waals surface area contributed by atoms with Crippen LogP contribution in [0.3, 0.4) is 0 Å². The van der Waals surface area contributed by atoms with E-state index in [-0.39, 0.29) is 32.2 Å². The zero-order valence-electron chi connectivity index (χ0n) is 29.8. The van der Waals surface area contributed by atoms with Gasteiger partial charge in [0.25, 0.3) is 0 Å². The molecule has 3 saturated carbocycles. The van der Waals surface area contributed by atoms with E-state index in [1.807, 2.05) is 0 Å². The number of ether oxygens (including phenoxy) is 4. The molecule has 4 aliphatic carbocycles. The highest BCUT2D eigenvalue weighted by Gasteiger charge is 2.59. The Balaban J connectivity index is 1.17. The summed E-state index contributed by atoms with van der Waals surface area (Å²) in [7, 11) is 0. The van der Waals surface area contributed by atoms with Crippen LogP contribution in [0, 0.1) is 52.3 Å². The van der Waals surface area contributed by atoms with Gasteiger partial charge in [0.05, 0.1) is 52.0 Å². The van der Waals surface area contributed by atoms with Gasteiger partial charge in [-0.15, -0.1) is 0 Å². The van der Waals surface area contributed by atoms with Crippen LogP contribution in [-0.2, 0) is 28.5 Å². The Hall–Kier alpha value is -1.70. The van der Waals surface area contributed by atoms with E-state index in [2.05, 4.69) is 59.8 Å². The first-order chi connectivity index (χ1) is 22.0. The van der Waals surface area contributed by atoms with Crippen molar-refractivity contribution in [3.05, 3.63) is 23.8 Å². The van der Waals surface area contributed by atoms with E-state index in [0.717, 1.165) is 42.4 Å². The fraction of sp³-hybridized carbons (Fsp3) is 0.846. The van der Waals surface area contributed by atoms with Gasteiger partial charge in [-0.05, 0) is 110 Å². The summed E-state index contributed by atoms with van der Waals surface area (Å²) in [4.78, 5) is 21.9. The van der Waals surface area contributed by atoms with Gasteiger partial charge in [-0.2, -0.15) is 0 Å². The van der Waals surface area contributed by atoms with Gasteiger partial charge in [0.2, 0.25) is 0 Å². The fourth-order valence-corrected chi connectivity index (χ4v) is 10.0. The van der Waals surface area contributed by atoms with Crippen molar-refractivity contribution in [3.63, 3.8) is 0 Å². The third kappa shape index (κ3) is 9.05. The largest absolute Gasteiger partial charge is 0.481 e. The fourth-order valence-electron chi connectivity index (χ4n) is 10.0. The summed E-state index contributed by atoms with van der Waals surface area (Å²) in [5.41, 5.74) is 2.47. The number of carbonyl (C=O) groups is 2. The van der Waals surface area contributed by atoms with Crippen LogP contribution in [0.25, 0.3) is 0 Å². The number of carboxylic acids is 1. The highest BCUT2D eigenvalue weighted by Crippen LogP contribution is 2.67. The van der Waals surface area contributed by atoms with Crippen LogP contribution in [0.5, 0.6) is 0 Å². The minimum atomic E-state index is -1.01. The summed E-state index contributed by atoms with van der Waals surface area (Å²) < 4.78 is 22.4. The van der Waals surface area contributed by atoms with Crippen LogP contribution in [-0.4, -0.2) is 62.8 Å². The monoisotopic (exact) mass is 644 g/mol. The molecule has 0 saturated heterocycles. The Labute approximate surface area is 279 Å². The van der Waals surface area contributed by atoms with Gasteiger partial charge in [0.1, 0.15) is 6.61 Å². The van der Waals surface area contributed by atoms with Crippen molar-refractivity contribution >= 4 is 11.9 Å². The molecule has 1 unspecified atom stereocenters. The van der Waals surface area contributed by atoms with Crippen molar-refractivity contribution < 1.29 is 33.6 Å². The molecule has 0 aliphatic heterocycles. The van der Waals surface area contributed by atoms with Gasteiger partial charge in [-0.1, -0.05) is 65.3 Å². The lowest BCUT2D eigenvalue weighted by Gasteiger charge is -2.58. The molecule has 4 rings (SSSR count). The number of rotatable bonds is 18. The number of hydrogen-bond acceptors (Lipinski definition) is 6. The lowest BCUT2D eigenvalue weighted by Crippen LogP contribution is -2.51. The van der Waals surface area contributed by atoms with Gasteiger partial charge in [0, 0.05) is 0 Å². The van der Waals surface area contributed by atoms with Crippen molar-refractivity contribution in [2.45, 2.75) is 118 Å². The number of carboxylic acid groups (broad SMARTS) is 1. The van der Waals surface area contributed by atoms with Crippen molar-refractivity contribution in [1.29, 1.82) is 0 Å². The molecule has 0 radical (unpaired) electrons. The molecule has 7 heteroatoms. The third-order valence-electron chi connectivity index (χ3n) is 12.7. The second-order valence-electron chi connectivity index (χ2n) is 15.6. The maximum absolute atomic E-state index is 11.4. The molecule has 9 atom stereocenters. The van der Waals surface area contributed by atoms with Crippen molar-refractivity contribution in [1.82, 2.24) is 0 Å². The summed E-state index contributed by atoms with van der Waals surface area (Å²) in [5, 5.41) is 8.59. The summed E-state index contributed by atoms with van der Waals surface area (Å²) >= 11 is 0. The van der Waals surface area contributed by atoms with E-state index in [1.54, 1.807) is 5.57 Å². The molecule has 0 aromatic carbocycles. The minimum absolute atomic E-state index is 0.118. The number of aliphatic carboxylic acids is 1. The molecule has 46 heavy (non-hydrogen) atoms. The van der Waals surface area contributed by atoms with E-state index in [1.165, 1.54) is 44.9 Å². The van der Waals surface area contributed by atoms with Crippen molar-refractivity contribution in [3.8, 4) is 0 Å². The molecular formula is C39H64O7. The predicted octanol–water partition coefficient (Wildman–Crippen LogP) is 8.27. The molecular weight excluding hydrogens is 580 g/mol. The zero-order valence-corrected chi connectivity index (χ0v) is 29.8. The summed E-state index contributed by atoms with van der Waals surface area (Å²) in [5.74, 6) is 3.90. The Kier molecular flexibility index (Phi) is 13.8.